The van der Waals surface area contributed by atoms with Crippen LogP contribution in [0.1, 0.15) is 17.3 Å². The van der Waals surface area contributed by atoms with Gasteiger partial charge in [-0.3, -0.25) is 5.01 Å². The van der Waals surface area contributed by atoms with Gasteiger partial charge in [-0.2, -0.15) is 0 Å². The minimum Gasteiger partial charge on any atom is -0.271 e. The molecule has 1 heterocycles. The standard InChI is InChI=1S/C16H12Cl2FN3/c17-14-13(10-4-2-1-3-5-10)15(18)22(20)16(21-14)11-6-8-12(19)9-7-11/h1-9,16H,20H2. The van der Waals surface area contributed by atoms with Crippen molar-refractivity contribution in [2.75, 3.05) is 0 Å². The van der Waals surface area contributed by atoms with Crippen molar-refractivity contribution in [1.82, 2.24) is 5.01 Å². The number of aliphatic imine (C=N–C) groups is 1. The Kier molecular flexibility index (Phi) is 4.16. The first kappa shape index (κ1) is 15.0. The number of hydrogen-bond donors (Lipinski definition) is 1. The molecule has 0 amide bonds. The van der Waals surface area contributed by atoms with Crippen LogP contribution >= 0.6 is 23.2 Å². The molecule has 1 unspecified atom stereocenters. The van der Waals surface area contributed by atoms with Crippen LogP contribution in [0.2, 0.25) is 0 Å². The molecular formula is C16H12Cl2FN3. The summed E-state index contributed by atoms with van der Waals surface area (Å²) < 4.78 is 13.0. The molecule has 0 aliphatic carbocycles. The van der Waals surface area contributed by atoms with Crippen LogP contribution in [0.25, 0.3) is 5.57 Å². The molecule has 112 valence electrons. The third-order valence-electron chi connectivity index (χ3n) is 3.37. The molecule has 0 saturated carbocycles. The quantitative estimate of drug-likeness (QED) is 0.658. The van der Waals surface area contributed by atoms with Crippen LogP contribution < -0.4 is 5.84 Å². The van der Waals surface area contributed by atoms with E-state index < -0.39 is 6.17 Å². The van der Waals surface area contributed by atoms with Gasteiger partial charge in [0.15, 0.2) is 6.17 Å². The Hall–Kier alpha value is -1.88. The predicted molar refractivity (Wildman–Crippen MR) is 87.7 cm³/mol. The summed E-state index contributed by atoms with van der Waals surface area (Å²) in [5, 5.41) is 1.89. The predicted octanol–water partition coefficient (Wildman–Crippen LogP) is 4.26. The highest BCUT2D eigenvalue weighted by Gasteiger charge is 2.28. The van der Waals surface area contributed by atoms with Crippen LogP contribution in [-0.2, 0) is 0 Å². The molecule has 0 bridgehead atoms. The maximum absolute atomic E-state index is 13.0. The minimum absolute atomic E-state index is 0.271. The van der Waals surface area contributed by atoms with Crippen LogP contribution in [0, 0.1) is 5.82 Å². The van der Waals surface area contributed by atoms with Gasteiger partial charge in [-0.25, -0.2) is 15.2 Å². The second-order valence-electron chi connectivity index (χ2n) is 4.78. The first-order valence-electron chi connectivity index (χ1n) is 6.56. The van der Waals surface area contributed by atoms with Gasteiger partial charge in [0.25, 0.3) is 0 Å². The van der Waals surface area contributed by atoms with E-state index in [1.165, 1.54) is 17.1 Å². The molecule has 6 heteroatoms. The van der Waals surface area contributed by atoms with Crippen LogP contribution in [0.15, 0.2) is 64.7 Å². The fourth-order valence-electron chi connectivity index (χ4n) is 2.27. The highest BCUT2D eigenvalue weighted by Crippen LogP contribution is 2.36. The molecule has 0 aromatic heterocycles. The van der Waals surface area contributed by atoms with Crippen molar-refractivity contribution in [3.05, 3.63) is 76.7 Å². The van der Waals surface area contributed by atoms with E-state index in [2.05, 4.69) is 4.99 Å². The summed E-state index contributed by atoms with van der Waals surface area (Å²) in [5.41, 5.74) is 2.10. The molecule has 0 saturated heterocycles. The lowest BCUT2D eigenvalue weighted by Crippen LogP contribution is -2.36. The molecule has 2 aromatic rings. The second-order valence-corrected chi connectivity index (χ2v) is 5.50. The van der Waals surface area contributed by atoms with E-state index >= 15 is 0 Å². The van der Waals surface area contributed by atoms with E-state index in [0.29, 0.717) is 16.3 Å². The molecule has 1 atom stereocenters. The second kappa shape index (κ2) is 6.08. The van der Waals surface area contributed by atoms with Crippen LogP contribution in [0.4, 0.5) is 4.39 Å². The molecular weight excluding hydrogens is 324 g/mol. The van der Waals surface area contributed by atoms with Crippen LogP contribution in [0.3, 0.4) is 0 Å². The van der Waals surface area contributed by atoms with Gasteiger partial charge in [-0.15, -0.1) is 0 Å². The summed E-state index contributed by atoms with van der Waals surface area (Å²) in [6, 6.07) is 15.3. The highest BCUT2D eigenvalue weighted by atomic mass is 35.5. The van der Waals surface area contributed by atoms with Gasteiger partial charge < -0.3 is 0 Å². The summed E-state index contributed by atoms with van der Waals surface area (Å²) in [6.45, 7) is 0. The third kappa shape index (κ3) is 2.73. The molecule has 3 nitrogen and oxygen atoms in total. The fourth-order valence-corrected chi connectivity index (χ4v) is 2.90. The van der Waals surface area contributed by atoms with Crippen molar-refractivity contribution < 1.29 is 4.39 Å². The van der Waals surface area contributed by atoms with Gasteiger partial charge in [0.1, 0.15) is 16.1 Å². The van der Waals surface area contributed by atoms with Gasteiger partial charge >= 0.3 is 0 Å². The lowest BCUT2D eigenvalue weighted by Gasteiger charge is -2.31. The molecule has 1 aliphatic rings. The van der Waals surface area contributed by atoms with Crippen LogP contribution in [-0.4, -0.2) is 10.2 Å². The molecule has 22 heavy (non-hydrogen) atoms. The number of hydrazine groups is 1. The number of nitrogens with zero attached hydrogens (tertiary/aromatic N) is 2. The van der Waals surface area contributed by atoms with E-state index in [0.717, 1.165) is 5.56 Å². The topological polar surface area (TPSA) is 41.6 Å². The Morgan fingerprint density at radius 1 is 1.00 bits per heavy atom. The normalized spacial score (nSPS) is 18.5. The van der Waals surface area contributed by atoms with Gasteiger partial charge in [-0.05, 0) is 23.3 Å². The molecule has 3 rings (SSSR count). The van der Waals surface area contributed by atoms with Crippen molar-refractivity contribution >= 4 is 33.9 Å². The average molecular weight is 336 g/mol. The van der Waals surface area contributed by atoms with E-state index in [1.54, 1.807) is 12.1 Å². The Balaban J connectivity index is 2.02. The summed E-state index contributed by atoms with van der Waals surface area (Å²) >= 11 is 12.7. The number of nitrogens with two attached hydrogens (primary N) is 1. The summed E-state index contributed by atoms with van der Waals surface area (Å²) in [6.07, 6.45) is -0.590. The molecule has 1 aliphatic heterocycles. The summed E-state index contributed by atoms with van der Waals surface area (Å²) in [4.78, 5) is 4.39. The van der Waals surface area contributed by atoms with Gasteiger partial charge in [0, 0.05) is 0 Å². The number of allylic oxidation sites excluding steroid dienone is 1. The van der Waals surface area contributed by atoms with Crippen molar-refractivity contribution in [3.8, 4) is 0 Å². The van der Waals surface area contributed by atoms with Gasteiger partial charge in [0.2, 0.25) is 0 Å². The summed E-state index contributed by atoms with van der Waals surface area (Å²) in [5.74, 6) is 5.74. The Morgan fingerprint density at radius 2 is 1.64 bits per heavy atom. The molecule has 0 fully saturated rings. The van der Waals surface area contributed by atoms with E-state index in [9.17, 15) is 4.39 Å². The SMILES string of the molecule is NN1C(Cl)=C(c2ccccc2)C(Cl)=NC1c1ccc(F)cc1. The third-order valence-corrected chi connectivity index (χ3v) is 4.04. The maximum atomic E-state index is 13.0. The zero-order valence-corrected chi connectivity index (χ0v) is 12.9. The molecule has 0 radical (unpaired) electrons. The zero-order valence-electron chi connectivity index (χ0n) is 11.4. The minimum atomic E-state index is -0.590. The smallest absolute Gasteiger partial charge is 0.163 e. The molecule has 2 aromatic carbocycles. The fraction of sp³-hybridized carbons (Fsp3) is 0.0625. The molecule has 0 spiro atoms. The van der Waals surface area contributed by atoms with Gasteiger partial charge in [0.05, 0.1) is 5.57 Å². The monoisotopic (exact) mass is 335 g/mol. The van der Waals surface area contributed by atoms with Crippen LogP contribution in [0.5, 0.6) is 0 Å². The summed E-state index contributed by atoms with van der Waals surface area (Å²) in [7, 11) is 0. The van der Waals surface area contributed by atoms with Crippen molar-refractivity contribution in [3.63, 3.8) is 0 Å². The number of halogens is 3. The van der Waals surface area contributed by atoms with E-state index in [-0.39, 0.29) is 11.0 Å². The van der Waals surface area contributed by atoms with Gasteiger partial charge in [-0.1, -0.05) is 65.7 Å². The Bertz CT molecular complexity index is 742. The van der Waals surface area contributed by atoms with E-state index in [1.807, 2.05) is 30.3 Å². The Labute approximate surface area is 137 Å². The van der Waals surface area contributed by atoms with Crippen molar-refractivity contribution in [2.24, 2.45) is 10.8 Å². The van der Waals surface area contributed by atoms with Crippen molar-refractivity contribution in [2.45, 2.75) is 6.17 Å². The largest absolute Gasteiger partial charge is 0.271 e. The maximum Gasteiger partial charge on any atom is 0.163 e. The lowest BCUT2D eigenvalue weighted by atomic mass is 10.1. The first-order valence-corrected chi connectivity index (χ1v) is 7.32. The average Bonchev–Trinajstić information content (AvgIpc) is 2.53. The van der Waals surface area contributed by atoms with Crippen molar-refractivity contribution in [1.29, 1.82) is 0 Å². The lowest BCUT2D eigenvalue weighted by molar-refractivity contribution is 0.287. The van der Waals surface area contributed by atoms with E-state index in [4.69, 9.17) is 29.0 Å². The number of hydrogen-bond acceptors (Lipinski definition) is 3. The Morgan fingerprint density at radius 3 is 2.27 bits per heavy atom. The number of rotatable bonds is 2. The first-order chi connectivity index (χ1) is 10.6. The highest BCUT2D eigenvalue weighted by molar-refractivity contribution is 6.77. The molecule has 2 N–H and O–H groups in total. The number of benzene rings is 2. The zero-order chi connectivity index (χ0) is 15.7.